The third-order valence-electron chi connectivity index (χ3n) is 4.51. The summed E-state index contributed by atoms with van der Waals surface area (Å²) in [6.45, 7) is 0. The van der Waals surface area contributed by atoms with E-state index in [1.165, 1.54) is 12.1 Å². The average molecular weight is 383 g/mol. The number of rotatable bonds is 4. The lowest BCUT2D eigenvalue weighted by molar-refractivity contribution is 0.601. The van der Waals surface area contributed by atoms with Crippen molar-refractivity contribution < 1.29 is 12.8 Å². The van der Waals surface area contributed by atoms with Crippen molar-refractivity contribution in [1.29, 1.82) is 0 Å². The predicted molar refractivity (Wildman–Crippen MR) is 104 cm³/mol. The summed E-state index contributed by atoms with van der Waals surface area (Å²) in [4.78, 5) is 4.47. The monoisotopic (exact) mass is 383 g/mol. The molecule has 1 saturated heterocycles. The number of aromatic nitrogens is 2. The van der Waals surface area contributed by atoms with Gasteiger partial charge in [-0.3, -0.25) is 4.99 Å². The van der Waals surface area contributed by atoms with Gasteiger partial charge in [-0.15, -0.1) is 0 Å². The molecule has 0 N–H and O–H groups in total. The molecule has 138 valence electrons. The van der Waals surface area contributed by atoms with Gasteiger partial charge in [-0.25, -0.2) is 17.5 Å². The zero-order valence-electron chi connectivity index (χ0n) is 14.5. The Labute approximate surface area is 157 Å². The van der Waals surface area contributed by atoms with Gasteiger partial charge in [-0.05, 0) is 42.8 Å². The highest BCUT2D eigenvalue weighted by molar-refractivity contribution is 7.91. The van der Waals surface area contributed by atoms with Crippen molar-refractivity contribution >= 4 is 16.1 Å². The number of benzene rings is 2. The zero-order valence-corrected chi connectivity index (χ0v) is 15.3. The third-order valence-corrected chi connectivity index (χ3v) is 6.26. The molecule has 2 heterocycles. The first-order chi connectivity index (χ1) is 13.0. The summed E-state index contributed by atoms with van der Waals surface area (Å²) < 4.78 is 38.3. The van der Waals surface area contributed by atoms with Gasteiger partial charge >= 0.3 is 0 Å². The van der Waals surface area contributed by atoms with Gasteiger partial charge in [0.25, 0.3) is 0 Å². The zero-order chi connectivity index (χ0) is 18.9. The fourth-order valence-electron chi connectivity index (χ4n) is 3.11. The van der Waals surface area contributed by atoms with Crippen molar-refractivity contribution in [2.45, 2.75) is 12.5 Å². The van der Waals surface area contributed by atoms with Crippen molar-refractivity contribution in [2.24, 2.45) is 4.99 Å². The molecule has 7 heteroatoms. The van der Waals surface area contributed by atoms with Crippen molar-refractivity contribution in [2.75, 3.05) is 11.5 Å². The molecule has 1 atom stereocenters. The van der Waals surface area contributed by atoms with E-state index in [2.05, 4.69) is 10.1 Å². The van der Waals surface area contributed by atoms with Gasteiger partial charge in [0.15, 0.2) is 9.84 Å². The lowest BCUT2D eigenvalue weighted by atomic mass is 10.1. The number of hydrogen-bond acceptors (Lipinski definition) is 4. The maximum Gasteiger partial charge on any atom is 0.152 e. The highest BCUT2D eigenvalue weighted by atomic mass is 32.2. The van der Waals surface area contributed by atoms with Crippen LogP contribution in [0.1, 0.15) is 12.0 Å². The topological polar surface area (TPSA) is 64.3 Å². The molecule has 1 aliphatic rings. The Morgan fingerprint density at radius 3 is 2.52 bits per heavy atom. The number of aliphatic imine (C=N–C) groups is 1. The Kier molecular flexibility index (Phi) is 4.61. The van der Waals surface area contributed by atoms with Gasteiger partial charge < -0.3 is 0 Å². The van der Waals surface area contributed by atoms with Crippen LogP contribution in [0.5, 0.6) is 0 Å². The van der Waals surface area contributed by atoms with E-state index in [4.69, 9.17) is 0 Å². The van der Waals surface area contributed by atoms with Crippen molar-refractivity contribution in [1.82, 2.24) is 9.78 Å². The Hall–Kier alpha value is -2.80. The molecule has 0 radical (unpaired) electrons. The molecule has 0 saturated carbocycles. The van der Waals surface area contributed by atoms with Crippen LogP contribution in [0.3, 0.4) is 0 Å². The maximum atomic E-state index is 13.3. The normalized spacial score (nSPS) is 18.9. The summed E-state index contributed by atoms with van der Waals surface area (Å²) in [6.07, 6.45) is 4.06. The van der Waals surface area contributed by atoms with E-state index >= 15 is 0 Å². The summed E-state index contributed by atoms with van der Waals surface area (Å²) in [6, 6.07) is 15.5. The minimum absolute atomic E-state index is 0.0855. The fourth-order valence-corrected chi connectivity index (χ4v) is 4.74. The van der Waals surface area contributed by atoms with Gasteiger partial charge in [0.1, 0.15) is 11.5 Å². The first-order valence-corrected chi connectivity index (χ1v) is 10.5. The molecular weight excluding hydrogens is 365 g/mol. The Morgan fingerprint density at radius 1 is 1.11 bits per heavy atom. The van der Waals surface area contributed by atoms with Gasteiger partial charge in [-0.1, -0.05) is 18.2 Å². The summed E-state index contributed by atoms with van der Waals surface area (Å²) in [5.74, 6) is -0.0432. The highest BCUT2D eigenvalue weighted by Crippen LogP contribution is 2.24. The molecule has 0 spiro atoms. The largest absolute Gasteiger partial charge is 0.288 e. The minimum atomic E-state index is -2.98. The number of nitrogens with zero attached hydrogens (tertiary/aromatic N) is 3. The standard InChI is InChI=1S/C20H18FN3O2S/c21-17-8-6-15(7-9-17)20-16(12-22-18-10-11-27(25,26)14-18)13-24(23-20)19-4-2-1-3-5-19/h1-9,12-13,18H,10-11,14H2. The predicted octanol–water partition coefficient (Wildman–Crippen LogP) is 3.28. The Bertz CT molecular complexity index is 1070. The van der Waals surface area contributed by atoms with E-state index in [-0.39, 0.29) is 23.4 Å². The lowest BCUT2D eigenvalue weighted by Crippen LogP contribution is -2.07. The smallest absolute Gasteiger partial charge is 0.152 e. The van der Waals surface area contributed by atoms with E-state index < -0.39 is 9.84 Å². The molecule has 0 aliphatic carbocycles. The van der Waals surface area contributed by atoms with E-state index in [9.17, 15) is 12.8 Å². The van der Waals surface area contributed by atoms with Crippen molar-refractivity contribution in [3.63, 3.8) is 0 Å². The van der Waals surface area contributed by atoms with E-state index in [1.54, 1.807) is 23.0 Å². The summed E-state index contributed by atoms with van der Waals surface area (Å²) >= 11 is 0. The number of para-hydroxylation sites is 1. The van der Waals surface area contributed by atoms with Crippen LogP contribution < -0.4 is 0 Å². The van der Waals surface area contributed by atoms with Gasteiger partial charge in [-0.2, -0.15) is 5.10 Å². The van der Waals surface area contributed by atoms with Crippen LogP contribution in [0.15, 0.2) is 65.8 Å². The van der Waals surface area contributed by atoms with E-state index in [0.717, 1.165) is 16.8 Å². The molecular formula is C20H18FN3O2S. The Balaban J connectivity index is 1.72. The van der Waals surface area contributed by atoms with Crippen LogP contribution in [-0.4, -0.2) is 42.0 Å². The first kappa shape index (κ1) is 17.6. The van der Waals surface area contributed by atoms with E-state index in [0.29, 0.717) is 12.1 Å². The maximum absolute atomic E-state index is 13.3. The summed E-state index contributed by atoms with van der Waals surface area (Å²) in [5.41, 5.74) is 3.09. The second-order valence-electron chi connectivity index (χ2n) is 6.56. The summed E-state index contributed by atoms with van der Waals surface area (Å²) in [5, 5.41) is 4.64. The first-order valence-electron chi connectivity index (χ1n) is 8.65. The number of hydrogen-bond donors (Lipinski definition) is 0. The Morgan fingerprint density at radius 2 is 1.85 bits per heavy atom. The van der Waals surface area contributed by atoms with Gasteiger partial charge in [0.2, 0.25) is 0 Å². The molecule has 1 fully saturated rings. The molecule has 2 aromatic carbocycles. The minimum Gasteiger partial charge on any atom is -0.288 e. The van der Waals surface area contributed by atoms with Crippen LogP contribution in [-0.2, 0) is 9.84 Å². The van der Waals surface area contributed by atoms with Crippen LogP contribution in [0.2, 0.25) is 0 Å². The van der Waals surface area contributed by atoms with Crippen LogP contribution in [0, 0.1) is 5.82 Å². The third kappa shape index (κ3) is 3.98. The second-order valence-corrected chi connectivity index (χ2v) is 8.78. The van der Waals surface area contributed by atoms with Crippen molar-refractivity contribution in [3.05, 3.63) is 72.2 Å². The molecule has 3 aromatic rings. The van der Waals surface area contributed by atoms with E-state index in [1.807, 2.05) is 36.5 Å². The average Bonchev–Trinajstić information content (AvgIpc) is 3.24. The lowest BCUT2D eigenvalue weighted by Gasteiger charge is -2.01. The molecule has 27 heavy (non-hydrogen) atoms. The molecule has 1 unspecified atom stereocenters. The molecule has 5 nitrogen and oxygen atoms in total. The number of sulfone groups is 1. The van der Waals surface area contributed by atoms with Crippen LogP contribution in [0.4, 0.5) is 4.39 Å². The second kappa shape index (κ2) is 7.08. The molecule has 1 aliphatic heterocycles. The number of halogens is 1. The fraction of sp³-hybridized carbons (Fsp3) is 0.200. The molecule has 1 aromatic heterocycles. The quantitative estimate of drug-likeness (QED) is 0.650. The van der Waals surface area contributed by atoms with Gasteiger partial charge in [0, 0.05) is 23.5 Å². The molecule has 4 rings (SSSR count). The summed E-state index contributed by atoms with van der Waals surface area (Å²) in [7, 11) is -2.98. The van der Waals surface area contributed by atoms with Crippen LogP contribution in [0.25, 0.3) is 16.9 Å². The van der Waals surface area contributed by atoms with Gasteiger partial charge in [0.05, 0.1) is 23.2 Å². The molecule has 0 bridgehead atoms. The van der Waals surface area contributed by atoms with Crippen molar-refractivity contribution in [3.8, 4) is 16.9 Å². The highest BCUT2D eigenvalue weighted by Gasteiger charge is 2.27. The molecule has 0 amide bonds. The van der Waals surface area contributed by atoms with Crippen LogP contribution >= 0.6 is 0 Å². The SMILES string of the molecule is O=S1(=O)CCC(N=Cc2cn(-c3ccccc3)nc2-c2ccc(F)cc2)C1.